The van der Waals surface area contributed by atoms with Crippen molar-refractivity contribution in [3.8, 4) is 0 Å². The van der Waals surface area contributed by atoms with E-state index in [2.05, 4.69) is 10.4 Å². The van der Waals surface area contributed by atoms with Crippen LogP contribution in [-0.4, -0.2) is 46.9 Å². The third-order valence-corrected chi connectivity index (χ3v) is 4.63. The highest BCUT2D eigenvalue weighted by molar-refractivity contribution is 6.06. The number of hydrogen-bond donors (Lipinski definition) is 3. The predicted molar refractivity (Wildman–Crippen MR) is 108 cm³/mol. The van der Waals surface area contributed by atoms with Crippen molar-refractivity contribution in [3.05, 3.63) is 29.7 Å². The highest BCUT2D eigenvalue weighted by Gasteiger charge is 2.36. The molecule has 1 unspecified atom stereocenters. The van der Waals surface area contributed by atoms with E-state index >= 15 is 0 Å². The minimum atomic E-state index is -4.59. The highest BCUT2D eigenvalue weighted by atomic mass is 19.4. The van der Waals surface area contributed by atoms with Crippen molar-refractivity contribution in [2.45, 2.75) is 52.4 Å². The third-order valence-electron chi connectivity index (χ3n) is 4.63. The van der Waals surface area contributed by atoms with Gasteiger partial charge in [0.25, 0.3) is 5.91 Å². The number of aromatic nitrogens is 2. The summed E-state index contributed by atoms with van der Waals surface area (Å²) in [5.41, 5.74) is 4.62. The molecule has 7 nitrogen and oxygen atoms in total. The zero-order valence-electron chi connectivity index (χ0n) is 17.6. The van der Waals surface area contributed by atoms with Gasteiger partial charge in [0, 0.05) is 11.9 Å². The Bertz CT molecular complexity index is 934. The van der Waals surface area contributed by atoms with E-state index in [1.165, 1.54) is 22.9 Å². The number of halogens is 4. The fourth-order valence-electron chi connectivity index (χ4n) is 3.09. The number of rotatable bonds is 8. The minimum Gasteiger partial charge on any atom is -0.345 e. The second-order valence-corrected chi connectivity index (χ2v) is 8.31. The Hall–Kier alpha value is -2.69. The van der Waals surface area contributed by atoms with Crippen LogP contribution in [0.5, 0.6) is 0 Å². The molecular formula is C20H27F4N5O2. The maximum Gasteiger partial charge on any atom is 0.405 e. The maximum absolute atomic E-state index is 14.4. The molecule has 11 heteroatoms. The van der Waals surface area contributed by atoms with Gasteiger partial charge in [-0.1, -0.05) is 32.9 Å². The van der Waals surface area contributed by atoms with E-state index < -0.39 is 41.8 Å². The van der Waals surface area contributed by atoms with Gasteiger partial charge in [-0.25, -0.2) is 4.39 Å². The van der Waals surface area contributed by atoms with Gasteiger partial charge in [0.1, 0.15) is 23.9 Å². The lowest BCUT2D eigenvalue weighted by Gasteiger charge is -2.30. The van der Waals surface area contributed by atoms with Crippen molar-refractivity contribution in [2.75, 3.05) is 13.1 Å². The van der Waals surface area contributed by atoms with Crippen LogP contribution in [0, 0.1) is 11.2 Å². The highest BCUT2D eigenvalue weighted by Crippen LogP contribution is 2.24. The molecule has 1 atom stereocenters. The standard InChI is InChI=1S/C20H27F4N5O2/c1-19(2,3)16(18(31)26-11-20(22,23)24)27-17(30)14-12-7-6-8-13(21)15(12)29(28-14)10-5-4-9-25/h6-8,16H,4-5,9-11,25H2,1-3H3,(H,26,31)(H,27,30). The van der Waals surface area contributed by atoms with Gasteiger partial charge >= 0.3 is 6.18 Å². The van der Waals surface area contributed by atoms with Gasteiger partial charge in [-0.15, -0.1) is 0 Å². The molecule has 0 aliphatic carbocycles. The number of nitrogens with one attached hydrogen (secondary N) is 2. The fraction of sp³-hybridized carbons (Fsp3) is 0.550. The molecule has 2 aromatic rings. The van der Waals surface area contributed by atoms with Crippen LogP contribution in [0.15, 0.2) is 18.2 Å². The summed E-state index contributed by atoms with van der Waals surface area (Å²) in [4.78, 5) is 25.3. The van der Waals surface area contributed by atoms with Gasteiger partial charge in [0.15, 0.2) is 5.69 Å². The van der Waals surface area contributed by atoms with Crippen molar-refractivity contribution >= 4 is 22.7 Å². The van der Waals surface area contributed by atoms with Crippen molar-refractivity contribution in [2.24, 2.45) is 11.1 Å². The summed E-state index contributed by atoms with van der Waals surface area (Å²) in [5.74, 6) is -2.32. The van der Waals surface area contributed by atoms with E-state index in [-0.39, 0.29) is 16.6 Å². The van der Waals surface area contributed by atoms with Crippen LogP contribution >= 0.6 is 0 Å². The number of hydrogen-bond acceptors (Lipinski definition) is 4. The average molecular weight is 445 g/mol. The Morgan fingerprint density at radius 3 is 2.45 bits per heavy atom. The Kier molecular flexibility index (Phi) is 7.63. The van der Waals surface area contributed by atoms with E-state index in [1.54, 1.807) is 26.1 Å². The molecule has 2 rings (SSSR count). The monoisotopic (exact) mass is 445 g/mol. The molecule has 1 heterocycles. The van der Waals surface area contributed by atoms with Crippen LogP contribution in [0.3, 0.4) is 0 Å². The first-order valence-corrected chi connectivity index (χ1v) is 9.85. The summed E-state index contributed by atoms with van der Waals surface area (Å²) in [6, 6.07) is 2.93. The molecule has 0 bridgehead atoms. The number of benzene rings is 1. The largest absolute Gasteiger partial charge is 0.405 e. The molecule has 2 amide bonds. The van der Waals surface area contributed by atoms with Crippen LogP contribution < -0.4 is 16.4 Å². The van der Waals surface area contributed by atoms with E-state index in [4.69, 9.17) is 5.73 Å². The molecule has 172 valence electrons. The first-order valence-electron chi connectivity index (χ1n) is 9.85. The SMILES string of the molecule is CC(C)(C)C(NC(=O)c1nn(CCCCN)c2c(F)cccc12)C(=O)NCC(F)(F)F. The number of carbonyl (C=O) groups is 2. The number of alkyl halides is 3. The molecule has 0 fully saturated rings. The molecule has 1 aromatic carbocycles. The van der Waals surface area contributed by atoms with Crippen molar-refractivity contribution < 1.29 is 27.2 Å². The van der Waals surface area contributed by atoms with Crippen LogP contribution in [0.2, 0.25) is 0 Å². The molecular weight excluding hydrogens is 418 g/mol. The van der Waals surface area contributed by atoms with Crippen molar-refractivity contribution in [3.63, 3.8) is 0 Å². The van der Waals surface area contributed by atoms with Gasteiger partial charge in [-0.05, 0) is 30.9 Å². The molecule has 0 radical (unpaired) electrons. The lowest BCUT2D eigenvalue weighted by Crippen LogP contribution is -2.54. The zero-order chi connectivity index (χ0) is 23.4. The molecule has 4 N–H and O–H groups in total. The van der Waals surface area contributed by atoms with Crippen LogP contribution in [-0.2, 0) is 11.3 Å². The first kappa shape index (κ1) is 24.6. The summed E-state index contributed by atoms with van der Waals surface area (Å²) in [6.07, 6.45) is -3.28. The summed E-state index contributed by atoms with van der Waals surface area (Å²) < 4.78 is 53.3. The van der Waals surface area contributed by atoms with Gasteiger partial charge in [0.05, 0.1) is 0 Å². The predicted octanol–water partition coefficient (Wildman–Crippen LogP) is 2.74. The molecule has 0 spiro atoms. The quantitative estimate of drug-likeness (QED) is 0.430. The molecule has 0 saturated heterocycles. The van der Waals surface area contributed by atoms with E-state index in [0.717, 1.165) is 0 Å². The summed E-state index contributed by atoms with van der Waals surface area (Å²) in [5, 5.41) is 8.72. The number of nitrogens with zero attached hydrogens (tertiary/aromatic N) is 2. The topological polar surface area (TPSA) is 102 Å². The van der Waals surface area contributed by atoms with Crippen LogP contribution in [0.4, 0.5) is 17.6 Å². The second kappa shape index (κ2) is 9.63. The smallest absolute Gasteiger partial charge is 0.345 e. The van der Waals surface area contributed by atoms with Crippen molar-refractivity contribution in [1.82, 2.24) is 20.4 Å². The fourth-order valence-corrected chi connectivity index (χ4v) is 3.09. The molecule has 1 aromatic heterocycles. The molecule has 0 aliphatic heterocycles. The molecule has 31 heavy (non-hydrogen) atoms. The van der Waals surface area contributed by atoms with Crippen molar-refractivity contribution in [1.29, 1.82) is 0 Å². The number of para-hydroxylation sites is 1. The van der Waals surface area contributed by atoms with Crippen LogP contribution in [0.25, 0.3) is 10.9 Å². The Morgan fingerprint density at radius 1 is 1.19 bits per heavy atom. The number of amides is 2. The number of aryl methyl sites for hydroxylation is 1. The van der Waals surface area contributed by atoms with E-state index in [9.17, 15) is 27.2 Å². The Labute approximate surface area is 177 Å². The molecule has 0 aliphatic rings. The minimum absolute atomic E-state index is 0.111. The van der Waals surface area contributed by atoms with Gasteiger partial charge < -0.3 is 16.4 Å². The van der Waals surface area contributed by atoms with Gasteiger partial charge in [-0.2, -0.15) is 18.3 Å². The Morgan fingerprint density at radius 2 is 1.87 bits per heavy atom. The lowest BCUT2D eigenvalue weighted by molar-refractivity contribution is -0.140. The Balaban J connectivity index is 2.33. The lowest BCUT2D eigenvalue weighted by atomic mass is 9.86. The number of unbranched alkanes of at least 4 members (excludes halogenated alkanes) is 1. The molecule has 0 saturated carbocycles. The average Bonchev–Trinajstić information content (AvgIpc) is 3.03. The summed E-state index contributed by atoms with van der Waals surface area (Å²) in [7, 11) is 0. The van der Waals surface area contributed by atoms with Gasteiger partial charge in [0.2, 0.25) is 5.91 Å². The van der Waals surface area contributed by atoms with Crippen LogP contribution in [0.1, 0.15) is 44.1 Å². The van der Waals surface area contributed by atoms with Gasteiger partial charge in [-0.3, -0.25) is 14.3 Å². The number of carbonyl (C=O) groups excluding carboxylic acids is 2. The number of nitrogens with two attached hydrogens (primary N) is 1. The first-order chi connectivity index (χ1) is 14.3. The number of fused-ring (bicyclic) bond motifs is 1. The van der Waals surface area contributed by atoms with E-state index in [0.29, 0.717) is 25.9 Å². The zero-order valence-corrected chi connectivity index (χ0v) is 17.6. The summed E-state index contributed by atoms with van der Waals surface area (Å²) >= 11 is 0. The summed E-state index contributed by atoms with van der Waals surface area (Å²) in [6.45, 7) is 4.08. The van der Waals surface area contributed by atoms with E-state index in [1.807, 2.05) is 0 Å². The second-order valence-electron chi connectivity index (χ2n) is 8.31. The third kappa shape index (κ3) is 6.39. The normalized spacial score (nSPS) is 13.3. The maximum atomic E-state index is 14.4.